The van der Waals surface area contributed by atoms with Gasteiger partial charge in [0, 0.05) is 17.8 Å². The quantitative estimate of drug-likeness (QED) is 0.655. The first kappa shape index (κ1) is 16.0. The van der Waals surface area contributed by atoms with Crippen LogP contribution in [0.2, 0.25) is 0 Å². The molecule has 0 spiro atoms. The minimum Gasteiger partial charge on any atom is -0.355 e. The molecule has 1 aromatic carbocycles. The van der Waals surface area contributed by atoms with Crippen LogP contribution in [0, 0.1) is 6.92 Å². The van der Waals surface area contributed by atoms with Crippen LogP contribution >= 0.6 is 11.8 Å². The molecule has 1 aliphatic carbocycles. The number of thioether (sulfide) groups is 1. The molecule has 0 fully saturated rings. The molecule has 1 heterocycles. The van der Waals surface area contributed by atoms with Crippen molar-refractivity contribution in [1.82, 2.24) is 15.3 Å². The van der Waals surface area contributed by atoms with Gasteiger partial charge in [0.05, 0.1) is 5.75 Å². The maximum Gasteiger partial charge on any atom is 0.230 e. The predicted molar refractivity (Wildman–Crippen MR) is 92.7 cm³/mol. The number of carbonyl (C=O) groups is 1. The summed E-state index contributed by atoms with van der Waals surface area (Å²) in [7, 11) is 0. The first-order valence-electron chi connectivity index (χ1n) is 8.02. The Morgan fingerprint density at radius 1 is 1.22 bits per heavy atom. The second kappa shape index (κ2) is 7.59. The first-order valence-corrected chi connectivity index (χ1v) is 9.01. The number of aryl methyl sites for hydroxylation is 2. The summed E-state index contributed by atoms with van der Waals surface area (Å²) in [4.78, 5) is 21.0. The van der Waals surface area contributed by atoms with Gasteiger partial charge in [-0.15, -0.1) is 0 Å². The highest BCUT2D eigenvalue weighted by Crippen LogP contribution is 2.29. The van der Waals surface area contributed by atoms with E-state index in [9.17, 15) is 4.79 Å². The molecule has 23 heavy (non-hydrogen) atoms. The molecule has 1 aromatic heterocycles. The number of amides is 1. The molecular weight excluding hydrogens is 306 g/mol. The highest BCUT2D eigenvalue weighted by Gasteiger charge is 2.19. The van der Waals surface area contributed by atoms with Gasteiger partial charge in [-0.2, -0.15) is 0 Å². The van der Waals surface area contributed by atoms with Crippen molar-refractivity contribution < 1.29 is 4.79 Å². The smallest absolute Gasteiger partial charge is 0.230 e. The van der Waals surface area contributed by atoms with Crippen LogP contribution in [-0.4, -0.2) is 28.2 Å². The van der Waals surface area contributed by atoms with Crippen LogP contribution in [0.5, 0.6) is 0 Å². The molecule has 0 atom stereocenters. The zero-order valence-corrected chi connectivity index (χ0v) is 14.2. The van der Waals surface area contributed by atoms with E-state index >= 15 is 0 Å². The Morgan fingerprint density at radius 3 is 2.87 bits per heavy atom. The van der Waals surface area contributed by atoms with E-state index in [0.717, 1.165) is 36.5 Å². The topological polar surface area (TPSA) is 54.9 Å². The molecule has 0 aliphatic heterocycles. The lowest BCUT2D eigenvalue weighted by Gasteiger charge is -2.08. The number of hydrogen-bond donors (Lipinski definition) is 1. The van der Waals surface area contributed by atoms with Crippen molar-refractivity contribution in [3.63, 3.8) is 0 Å². The van der Waals surface area contributed by atoms with Gasteiger partial charge in [0.15, 0.2) is 0 Å². The third kappa shape index (κ3) is 4.32. The Morgan fingerprint density at radius 2 is 2.04 bits per heavy atom. The second-order valence-corrected chi connectivity index (χ2v) is 6.69. The summed E-state index contributed by atoms with van der Waals surface area (Å²) in [6, 6.07) is 10.2. The highest BCUT2D eigenvalue weighted by atomic mass is 32.2. The summed E-state index contributed by atoms with van der Waals surface area (Å²) in [5.41, 5.74) is 3.66. The fourth-order valence-electron chi connectivity index (χ4n) is 2.81. The van der Waals surface area contributed by atoms with Crippen LogP contribution < -0.4 is 5.32 Å². The number of benzene rings is 1. The number of nitrogens with zero attached hydrogens (tertiary/aromatic N) is 2. The number of rotatable bonds is 6. The SMILES string of the molecule is Cc1nc2c(c(SCC(=O)NCCc3ccccc3)n1)CCC2. The minimum absolute atomic E-state index is 0.0638. The Hall–Kier alpha value is -1.88. The number of nitrogens with one attached hydrogen (secondary N) is 1. The molecule has 120 valence electrons. The van der Waals surface area contributed by atoms with E-state index in [4.69, 9.17) is 0 Å². The van der Waals surface area contributed by atoms with Gasteiger partial charge in [-0.25, -0.2) is 9.97 Å². The van der Waals surface area contributed by atoms with Crippen LogP contribution in [0.15, 0.2) is 35.4 Å². The number of aromatic nitrogens is 2. The second-order valence-electron chi connectivity index (χ2n) is 5.73. The van der Waals surface area contributed by atoms with Crippen molar-refractivity contribution in [2.45, 2.75) is 37.6 Å². The van der Waals surface area contributed by atoms with E-state index in [2.05, 4.69) is 27.4 Å². The van der Waals surface area contributed by atoms with Crippen molar-refractivity contribution in [3.05, 3.63) is 53.0 Å². The maximum atomic E-state index is 12.0. The fourth-order valence-corrected chi connectivity index (χ4v) is 3.77. The molecule has 5 heteroatoms. The third-order valence-corrected chi connectivity index (χ3v) is 4.94. The molecule has 4 nitrogen and oxygen atoms in total. The fraction of sp³-hybridized carbons (Fsp3) is 0.389. The largest absolute Gasteiger partial charge is 0.355 e. The molecule has 0 radical (unpaired) electrons. The van der Waals surface area contributed by atoms with Crippen molar-refractivity contribution in [3.8, 4) is 0 Å². The van der Waals surface area contributed by atoms with Crippen molar-refractivity contribution in [2.75, 3.05) is 12.3 Å². The van der Waals surface area contributed by atoms with Gasteiger partial charge in [-0.05, 0) is 38.2 Å². The maximum absolute atomic E-state index is 12.0. The van der Waals surface area contributed by atoms with Gasteiger partial charge in [-0.3, -0.25) is 4.79 Å². The van der Waals surface area contributed by atoms with E-state index < -0.39 is 0 Å². The Kier molecular flexibility index (Phi) is 5.28. The van der Waals surface area contributed by atoms with E-state index in [1.807, 2.05) is 25.1 Å². The molecule has 0 unspecified atom stereocenters. The van der Waals surface area contributed by atoms with E-state index in [1.54, 1.807) is 0 Å². The molecule has 0 bridgehead atoms. The van der Waals surface area contributed by atoms with Gasteiger partial charge in [0.2, 0.25) is 5.91 Å². The van der Waals surface area contributed by atoms with Gasteiger partial charge >= 0.3 is 0 Å². The summed E-state index contributed by atoms with van der Waals surface area (Å²) in [6.45, 7) is 2.59. The van der Waals surface area contributed by atoms with E-state index in [-0.39, 0.29) is 5.91 Å². The molecule has 0 saturated heterocycles. The Labute approximate surface area is 141 Å². The van der Waals surface area contributed by atoms with Gasteiger partial charge in [0.25, 0.3) is 0 Å². The Balaban J connectivity index is 1.48. The molecule has 3 rings (SSSR count). The van der Waals surface area contributed by atoms with E-state index in [1.165, 1.54) is 28.6 Å². The summed E-state index contributed by atoms with van der Waals surface area (Å²) in [5, 5.41) is 3.97. The molecule has 1 N–H and O–H groups in total. The molecular formula is C18H21N3OS. The molecule has 1 amide bonds. The molecule has 1 aliphatic rings. The average Bonchev–Trinajstić information content (AvgIpc) is 3.02. The zero-order valence-electron chi connectivity index (χ0n) is 13.3. The highest BCUT2D eigenvalue weighted by molar-refractivity contribution is 7.99. The first-order chi connectivity index (χ1) is 11.2. The van der Waals surface area contributed by atoms with Crippen LogP contribution in [0.3, 0.4) is 0 Å². The normalized spacial score (nSPS) is 12.9. The van der Waals surface area contributed by atoms with Crippen LogP contribution in [0.4, 0.5) is 0 Å². The lowest BCUT2D eigenvalue weighted by atomic mass is 10.1. The van der Waals surface area contributed by atoms with Crippen molar-refractivity contribution in [2.24, 2.45) is 0 Å². The van der Waals surface area contributed by atoms with Crippen LogP contribution in [-0.2, 0) is 24.1 Å². The number of hydrogen-bond acceptors (Lipinski definition) is 4. The van der Waals surface area contributed by atoms with Crippen molar-refractivity contribution in [1.29, 1.82) is 0 Å². The van der Waals surface area contributed by atoms with Gasteiger partial charge in [0.1, 0.15) is 10.9 Å². The van der Waals surface area contributed by atoms with Crippen LogP contribution in [0.1, 0.15) is 29.1 Å². The lowest BCUT2D eigenvalue weighted by Crippen LogP contribution is -2.27. The van der Waals surface area contributed by atoms with Crippen molar-refractivity contribution >= 4 is 17.7 Å². The van der Waals surface area contributed by atoms with E-state index in [0.29, 0.717) is 12.3 Å². The van der Waals surface area contributed by atoms with Gasteiger partial charge in [-0.1, -0.05) is 42.1 Å². The summed E-state index contributed by atoms with van der Waals surface area (Å²) >= 11 is 1.53. The zero-order chi connectivity index (χ0) is 16.1. The lowest BCUT2D eigenvalue weighted by molar-refractivity contribution is -0.118. The Bertz CT molecular complexity index is 688. The summed E-state index contributed by atoms with van der Waals surface area (Å²) in [6.07, 6.45) is 4.08. The molecule has 0 saturated carbocycles. The molecule has 2 aromatic rings. The predicted octanol–water partition coefficient (Wildman–Crippen LogP) is 2.72. The van der Waals surface area contributed by atoms with Gasteiger partial charge < -0.3 is 5.32 Å². The standard InChI is InChI=1S/C18H21N3OS/c1-13-20-16-9-5-8-15(16)18(21-13)23-12-17(22)19-11-10-14-6-3-2-4-7-14/h2-4,6-7H,5,8-12H2,1H3,(H,19,22). The average molecular weight is 327 g/mol. The number of fused-ring (bicyclic) bond motifs is 1. The summed E-state index contributed by atoms with van der Waals surface area (Å²) < 4.78 is 0. The number of carbonyl (C=O) groups excluding carboxylic acids is 1. The van der Waals surface area contributed by atoms with Crippen LogP contribution in [0.25, 0.3) is 0 Å². The third-order valence-electron chi connectivity index (χ3n) is 3.93. The minimum atomic E-state index is 0.0638. The summed E-state index contributed by atoms with van der Waals surface area (Å²) in [5.74, 6) is 1.28. The monoisotopic (exact) mass is 327 g/mol.